The van der Waals surface area contributed by atoms with E-state index in [2.05, 4.69) is 4.98 Å². The van der Waals surface area contributed by atoms with Crippen LogP contribution in [0.4, 0.5) is 0 Å². The lowest BCUT2D eigenvalue weighted by atomic mass is 10.2. The van der Waals surface area contributed by atoms with Crippen molar-refractivity contribution in [3.8, 4) is 0 Å². The standard InChI is InChI=1S/C9H10N2O2S/c1-7-5-8-3-4-11(14(2,12)13)9(8)10-6-7/h3-6H,1-2H3. The number of hydrogen-bond acceptors (Lipinski definition) is 3. The average molecular weight is 210 g/mol. The SMILES string of the molecule is Cc1cnc2c(ccn2S(C)(=O)=O)c1. The molecule has 0 aliphatic carbocycles. The predicted molar refractivity (Wildman–Crippen MR) is 54.7 cm³/mol. The minimum Gasteiger partial charge on any atom is -0.237 e. The van der Waals surface area contributed by atoms with Crippen molar-refractivity contribution in [1.82, 2.24) is 8.96 Å². The van der Waals surface area contributed by atoms with E-state index >= 15 is 0 Å². The Kier molecular flexibility index (Phi) is 1.85. The summed E-state index contributed by atoms with van der Waals surface area (Å²) in [4.78, 5) is 4.09. The van der Waals surface area contributed by atoms with Crippen LogP contribution >= 0.6 is 0 Å². The third-order valence-corrected chi connectivity index (χ3v) is 3.00. The molecule has 0 radical (unpaired) electrons. The van der Waals surface area contributed by atoms with Gasteiger partial charge >= 0.3 is 0 Å². The first kappa shape index (κ1) is 9.21. The fourth-order valence-corrected chi connectivity index (χ4v) is 2.13. The van der Waals surface area contributed by atoms with Gasteiger partial charge in [-0.15, -0.1) is 0 Å². The molecule has 5 heteroatoms. The highest BCUT2D eigenvalue weighted by atomic mass is 32.2. The first-order valence-electron chi connectivity index (χ1n) is 4.13. The van der Waals surface area contributed by atoms with Gasteiger partial charge in [-0.25, -0.2) is 17.4 Å². The van der Waals surface area contributed by atoms with Gasteiger partial charge < -0.3 is 0 Å². The van der Waals surface area contributed by atoms with E-state index in [1.807, 2.05) is 13.0 Å². The lowest BCUT2D eigenvalue weighted by Gasteiger charge is -2.00. The average Bonchev–Trinajstić information content (AvgIpc) is 2.45. The molecule has 0 bridgehead atoms. The summed E-state index contributed by atoms with van der Waals surface area (Å²) in [5.74, 6) is 0. The van der Waals surface area contributed by atoms with Gasteiger partial charge in [0.2, 0.25) is 10.0 Å². The molecule has 74 valence electrons. The molecule has 2 heterocycles. The molecule has 2 rings (SSSR count). The van der Waals surface area contributed by atoms with Gasteiger partial charge in [-0.3, -0.25) is 0 Å². The van der Waals surface area contributed by atoms with E-state index in [1.54, 1.807) is 12.3 Å². The zero-order valence-corrected chi connectivity index (χ0v) is 8.75. The van der Waals surface area contributed by atoms with E-state index in [9.17, 15) is 8.42 Å². The van der Waals surface area contributed by atoms with Gasteiger partial charge in [-0.1, -0.05) is 0 Å². The van der Waals surface area contributed by atoms with Crippen molar-refractivity contribution < 1.29 is 8.42 Å². The number of rotatable bonds is 1. The molecular formula is C9H10N2O2S. The number of aryl methyl sites for hydroxylation is 1. The maximum Gasteiger partial charge on any atom is 0.237 e. The molecule has 0 amide bonds. The molecular weight excluding hydrogens is 200 g/mol. The molecule has 0 unspecified atom stereocenters. The molecule has 0 fully saturated rings. The van der Waals surface area contributed by atoms with Gasteiger partial charge in [-0.05, 0) is 24.6 Å². The van der Waals surface area contributed by atoms with Crippen LogP contribution in [-0.2, 0) is 10.0 Å². The van der Waals surface area contributed by atoms with Gasteiger partial charge in [0.1, 0.15) is 0 Å². The van der Waals surface area contributed by atoms with Crippen molar-refractivity contribution in [2.45, 2.75) is 6.92 Å². The summed E-state index contributed by atoms with van der Waals surface area (Å²) < 4.78 is 23.8. The summed E-state index contributed by atoms with van der Waals surface area (Å²) in [7, 11) is -3.24. The van der Waals surface area contributed by atoms with Gasteiger partial charge in [-0.2, -0.15) is 0 Å². The van der Waals surface area contributed by atoms with Gasteiger partial charge in [0, 0.05) is 17.8 Å². The van der Waals surface area contributed by atoms with Crippen molar-refractivity contribution in [3.63, 3.8) is 0 Å². The Morgan fingerprint density at radius 2 is 2.14 bits per heavy atom. The van der Waals surface area contributed by atoms with Crippen LogP contribution in [0.1, 0.15) is 5.56 Å². The van der Waals surface area contributed by atoms with E-state index < -0.39 is 10.0 Å². The Bertz CT molecular complexity index is 584. The second-order valence-electron chi connectivity index (χ2n) is 3.30. The Hall–Kier alpha value is -1.36. The number of fused-ring (bicyclic) bond motifs is 1. The fourth-order valence-electron chi connectivity index (χ4n) is 1.38. The summed E-state index contributed by atoms with van der Waals surface area (Å²) in [6.45, 7) is 1.92. The second kappa shape index (κ2) is 2.81. The topological polar surface area (TPSA) is 52.0 Å². The lowest BCUT2D eigenvalue weighted by Crippen LogP contribution is -2.08. The van der Waals surface area contributed by atoms with E-state index in [-0.39, 0.29) is 0 Å². The number of aromatic nitrogens is 2. The minimum absolute atomic E-state index is 0.484. The number of pyridine rings is 1. The van der Waals surface area contributed by atoms with E-state index in [1.165, 1.54) is 10.2 Å². The second-order valence-corrected chi connectivity index (χ2v) is 5.16. The summed E-state index contributed by atoms with van der Waals surface area (Å²) in [6, 6.07) is 3.65. The molecule has 0 aliphatic heterocycles. The highest BCUT2D eigenvalue weighted by molar-refractivity contribution is 7.89. The molecule has 0 spiro atoms. The molecule has 0 saturated heterocycles. The zero-order valence-electron chi connectivity index (χ0n) is 7.93. The van der Waals surface area contributed by atoms with Crippen molar-refractivity contribution >= 4 is 21.1 Å². The van der Waals surface area contributed by atoms with E-state index in [4.69, 9.17) is 0 Å². The molecule has 0 aliphatic rings. The zero-order chi connectivity index (χ0) is 10.3. The monoisotopic (exact) mass is 210 g/mol. The first-order valence-corrected chi connectivity index (χ1v) is 5.97. The first-order chi connectivity index (χ1) is 6.48. The Morgan fingerprint density at radius 3 is 2.79 bits per heavy atom. The van der Waals surface area contributed by atoms with Crippen LogP contribution in [0.3, 0.4) is 0 Å². The summed E-state index contributed by atoms with van der Waals surface area (Å²) in [5.41, 5.74) is 1.50. The third-order valence-electron chi connectivity index (χ3n) is 1.99. The van der Waals surface area contributed by atoms with Gasteiger partial charge in [0.25, 0.3) is 0 Å². The van der Waals surface area contributed by atoms with Gasteiger partial charge in [0.05, 0.1) is 6.26 Å². The Labute approximate surface area is 82.2 Å². The molecule has 14 heavy (non-hydrogen) atoms. The minimum atomic E-state index is -3.24. The third kappa shape index (κ3) is 1.39. The summed E-state index contributed by atoms with van der Waals surface area (Å²) in [6.07, 6.45) is 4.34. The number of hydrogen-bond donors (Lipinski definition) is 0. The van der Waals surface area contributed by atoms with Crippen LogP contribution in [-0.4, -0.2) is 23.6 Å². The van der Waals surface area contributed by atoms with Crippen molar-refractivity contribution in [3.05, 3.63) is 30.1 Å². The Balaban J connectivity index is 2.83. The highest BCUT2D eigenvalue weighted by Gasteiger charge is 2.10. The maximum atomic E-state index is 11.3. The van der Waals surface area contributed by atoms with E-state index in [0.29, 0.717) is 5.65 Å². The van der Waals surface area contributed by atoms with Crippen LogP contribution in [0.2, 0.25) is 0 Å². The molecule has 0 N–H and O–H groups in total. The normalized spacial score (nSPS) is 12.1. The molecule has 2 aromatic rings. The highest BCUT2D eigenvalue weighted by Crippen LogP contribution is 2.15. The van der Waals surface area contributed by atoms with E-state index in [0.717, 1.165) is 17.2 Å². The molecule has 0 aromatic carbocycles. The van der Waals surface area contributed by atoms with Gasteiger partial charge in [0.15, 0.2) is 5.65 Å². The Morgan fingerprint density at radius 1 is 1.43 bits per heavy atom. The summed E-state index contributed by atoms with van der Waals surface area (Å²) in [5, 5.41) is 0.843. The maximum absolute atomic E-state index is 11.3. The van der Waals surface area contributed by atoms with Crippen LogP contribution in [0.25, 0.3) is 11.0 Å². The van der Waals surface area contributed by atoms with Crippen molar-refractivity contribution in [2.24, 2.45) is 0 Å². The van der Waals surface area contributed by atoms with Crippen LogP contribution in [0.5, 0.6) is 0 Å². The van der Waals surface area contributed by atoms with Crippen molar-refractivity contribution in [2.75, 3.05) is 6.26 Å². The molecule has 0 saturated carbocycles. The number of nitrogens with zero attached hydrogens (tertiary/aromatic N) is 2. The van der Waals surface area contributed by atoms with Crippen LogP contribution in [0, 0.1) is 6.92 Å². The van der Waals surface area contributed by atoms with Crippen LogP contribution in [0.15, 0.2) is 24.5 Å². The largest absolute Gasteiger partial charge is 0.237 e. The summed E-state index contributed by atoms with van der Waals surface area (Å²) >= 11 is 0. The van der Waals surface area contributed by atoms with Crippen molar-refractivity contribution in [1.29, 1.82) is 0 Å². The quantitative estimate of drug-likeness (QED) is 0.709. The molecule has 0 atom stereocenters. The predicted octanol–water partition coefficient (Wildman–Crippen LogP) is 1.15. The molecule has 4 nitrogen and oxygen atoms in total. The lowest BCUT2D eigenvalue weighted by molar-refractivity contribution is 0.595. The van der Waals surface area contributed by atoms with Crippen LogP contribution < -0.4 is 0 Å². The fraction of sp³-hybridized carbons (Fsp3) is 0.222. The smallest absolute Gasteiger partial charge is 0.237 e. The molecule has 2 aromatic heterocycles.